The van der Waals surface area contributed by atoms with E-state index in [1.54, 1.807) is 5.30 Å². The Labute approximate surface area is 75.7 Å². The van der Waals surface area contributed by atoms with Gasteiger partial charge in [-0.15, -0.1) is 0 Å². The van der Waals surface area contributed by atoms with Crippen molar-refractivity contribution in [3.63, 3.8) is 0 Å². The molecule has 0 atom stereocenters. The Morgan fingerprint density at radius 2 is 1.58 bits per heavy atom. The SMILES string of the molecule is [CH]1CC[PH2](c2ccccc2)CC1. The van der Waals surface area contributed by atoms with E-state index in [4.69, 9.17) is 0 Å². The van der Waals surface area contributed by atoms with Crippen molar-refractivity contribution in [2.45, 2.75) is 12.8 Å². The number of benzene rings is 1. The second-order valence-corrected chi connectivity index (χ2v) is 6.77. The van der Waals surface area contributed by atoms with E-state index < -0.39 is 7.92 Å². The Hall–Kier alpha value is -0.350. The molecule has 1 heterocycles. The average Bonchev–Trinajstić information content (AvgIpc) is 2.21. The first kappa shape index (κ1) is 8.26. The average molecular weight is 179 g/mol. The second-order valence-electron chi connectivity index (χ2n) is 3.55. The molecule has 1 aliphatic rings. The molecule has 0 unspecified atom stereocenters. The molecular formula is C11H16P. The summed E-state index contributed by atoms with van der Waals surface area (Å²) in [5.74, 6) is 0. The standard InChI is InChI=1S/C11H16P/c1-3-7-11(8-4-1)12-9-5-2-6-10-12/h1-4,7-8H,5-6,9-10,12H2. The summed E-state index contributed by atoms with van der Waals surface area (Å²) >= 11 is 0. The zero-order valence-electron chi connectivity index (χ0n) is 7.37. The van der Waals surface area contributed by atoms with Crippen LogP contribution in [0.5, 0.6) is 0 Å². The summed E-state index contributed by atoms with van der Waals surface area (Å²) < 4.78 is 0. The monoisotopic (exact) mass is 179 g/mol. The first-order valence-electron chi connectivity index (χ1n) is 4.83. The third-order valence-corrected chi connectivity index (χ3v) is 6.10. The van der Waals surface area contributed by atoms with Crippen molar-refractivity contribution in [2.75, 3.05) is 12.3 Å². The van der Waals surface area contributed by atoms with Gasteiger partial charge in [0.2, 0.25) is 0 Å². The molecule has 1 saturated heterocycles. The van der Waals surface area contributed by atoms with Crippen LogP contribution >= 0.6 is 7.92 Å². The van der Waals surface area contributed by atoms with Crippen molar-refractivity contribution in [3.8, 4) is 0 Å². The molecule has 65 valence electrons. The third-order valence-electron chi connectivity index (χ3n) is 2.71. The molecule has 0 spiro atoms. The Bertz CT molecular complexity index is 224. The zero-order chi connectivity index (χ0) is 8.23. The van der Waals surface area contributed by atoms with E-state index in [0.29, 0.717) is 0 Å². The maximum atomic E-state index is 2.45. The van der Waals surface area contributed by atoms with Gasteiger partial charge in [0, 0.05) is 0 Å². The summed E-state index contributed by atoms with van der Waals surface area (Å²) in [4.78, 5) is 0. The van der Waals surface area contributed by atoms with Crippen LogP contribution in [0.3, 0.4) is 0 Å². The predicted octanol–water partition coefficient (Wildman–Crippen LogP) is 2.26. The van der Waals surface area contributed by atoms with Crippen molar-refractivity contribution >= 4 is 13.2 Å². The van der Waals surface area contributed by atoms with Gasteiger partial charge >= 0.3 is 75.1 Å². The summed E-state index contributed by atoms with van der Waals surface area (Å²) in [6, 6.07) is 11.1. The van der Waals surface area contributed by atoms with Crippen LogP contribution in [0.25, 0.3) is 0 Å². The molecule has 1 radical (unpaired) electrons. The van der Waals surface area contributed by atoms with E-state index in [1.165, 1.54) is 25.2 Å². The van der Waals surface area contributed by atoms with Gasteiger partial charge in [-0.25, -0.2) is 0 Å². The van der Waals surface area contributed by atoms with Gasteiger partial charge in [-0.3, -0.25) is 0 Å². The van der Waals surface area contributed by atoms with Gasteiger partial charge in [-0.1, -0.05) is 0 Å². The minimum atomic E-state index is -0.516. The molecule has 0 nitrogen and oxygen atoms in total. The van der Waals surface area contributed by atoms with Crippen LogP contribution in [0.2, 0.25) is 0 Å². The van der Waals surface area contributed by atoms with Crippen molar-refractivity contribution in [2.24, 2.45) is 0 Å². The molecule has 1 aliphatic heterocycles. The Kier molecular flexibility index (Phi) is 2.79. The van der Waals surface area contributed by atoms with Crippen LogP contribution in [-0.4, -0.2) is 12.3 Å². The van der Waals surface area contributed by atoms with Crippen molar-refractivity contribution in [1.82, 2.24) is 0 Å². The van der Waals surface area contributed by atoms with Crippen LogP contribution in [-0.2, 0) is 0 Å². The van der Waals surface area contributed by atoms with Crippen LogP contribution in [0.15, 0.2) is 30.3 Å². The fourth-order valence-corrected chi connectivity index (χ4v) is 4.98. The van der Waals surface area contributed by atoms with Gasteiger partial charge < -0.3 is 0 Å². The summed E-state index contributed by atoms with van der Waals surface area (Å²) in [7, 11) is -0.516. The van der Waals surface area contributed by atoms with Gasteiger partial charge in [0.1, 0.15) is 0 Å². The van der Waals surface area contributed by atoms with Crippen LogP contribution < -0.4 is 5.30 Å². The fourth-order valence-electron chi connectivity index (χ4n) is 1.99. The quantitative estimate of drug-likeness (QED) is 0.580. The molecule has 0 amide bonds. The second kappa shape index (κ2) is 4.05. The molecular weight excluding hydrogens is 163 g/mol. The molecule has 1 aromatic rings. The summed E-state index contributed by atoms with van der Waals surface area (Å²) in [6.07, 6.45) is 8.16. The number of hydrogen-bond acceptors (Lipinski definition) is 0. The van der Waals surface area contributed by atoms with E-state index in [-0.39, 0.29) is 0 Å². The summed E-state index contributed by atoms with van der Waals surface area (Å²) in [5, 5.41) is 1.67. The Morgan fingerprint density at radius 3 is 2.25 bits per heavy atom. The van der Waals surface area contributed by atoms with Crippen molar-refractivity contribution < 1.29 is 0 Å². The molecule has 2 rings (SSSR count). The molecule has 0 aromatic heterocycles. The van der Waals surface area contributed by atoms with Gasteiger partial charge in [-0.05, 0) is 0 Å². The van der Waals surface area contributed by atoms with Crippen LogP contribution in [0.1, 0.15) is 12.8 Å². The van der Waals surface area contributed by atoms with Gasteiger partial charge in [-0.2, -0.15) is 0 Å². The van der Waals surface area contributed by atoms with E-state index in [2.05, 4.69) is 36.8 Å². The molecule has 0 bridgehead atoms. The van der Waals surface area contributed by atoms with Crippen molar-refractivity contribution in [1.29, 1.82) is 0 Å². The topological polar surface area (TPSA) is 0 Å². The zero-order valence-corrected chi connectivity index (χ0v) is 8.52. The third kappa shape index (κ3) is 1.87. The summed E-state index contributed by atoms with van der Waals surface area (Å²) in [5.41, 5.74) is 0. The Morgan fingerprint density at radius 1 is 0.917 bits per heavy atom. The predicted molar refractivity (Wildman–Crippen MR) is 59.1 cm³/mol. The van der Waals surface area contributed by atoms with Crippen LogP contribution in [0, 0.1) is 6.42 Å². The molecule has 0 saturated carbocycles. The normalized spacial score (nSPS) is 20.8. The number of rotatable bonds is 1. The Balaban J connectivity index is 2.08. The molecule has 1 aromatic carbocycles. The fraction of sp³-hybridized carbons (Fsp3) is 0.364. The minimum absolute atomic E-state index is 0.516. The molecule has 0 aliphatic carbocycles. The van der Waals surface area contributed by atoms with E-state index >= 15 is 0 Å². The van der Waals surface area contributed by atoms with Crippen LogP contribution in [0.4, 0.5) is 0 Å². The van der Waals surface area contributed by atoms with Gasteiger partial charge in [0.05, 0.1) is 0 Å². The van der Waals surface area contributed by atoms with Crippen molar-refractivity contribution in [3.05, 3.63) is 36.8 Å². The van der Waals surface area contributed by atoms with Gasteiger partial charge in [0.15, 0.2) is 0 Å². The molecule has 12 heavy (non-hydrogen) atoms. The van der Waals surface area contributed by atoms with E-state index in [0.717, 1.165) is 0 Å². The molecule has 1 heteroatoms. The maximum absolute atomic E-state index is 2.45. The first-order chi connectivity index (χ1) is 5.97. The first-order valence-corrected chi connectivity index (χ1v) is 7.04. The molecule has 1 fully saturated rings. The number of hydrogen-bond donors (Lipinski definition) is 0. The van der Waals surface area contributed by atoms with E-state index in [9.17, 15) is 0 Å². The van der Waals surface area contributed by atoms with E-state index in [1.807, 2.05) is 0 Å². The van der Waals surface area contributed by atoms with Gasteiger partial charge in [0.25, 0.3) is 0 Å². The summed E-state index contributed by atoms with van der Waals surface area (Å²) in [6.45, 7) is 0. The molecule has 0 N–H and O–H groups in total.